The maximum atomic E-state index is 12.4. The van der Waals surface area contributed by atoms with E-state index in [-0.39, 0.29) is 11.9 Å². The Morgan fingerprint density at radius 3 is 2.52 bits per heavy atom. The van der Waals surface area contributed by atoms with Crippen LogP contribution in [0, 0.1) is 0 Å². The Morgan fingerprint density at radius 2 is 1.81 bits per heavy atom. The van der Waals surface area contributed by atoms with Gasteiger partial charge in [-0.15, -0.1) is 11.3 Å². The minimum Gasteiger partial charge on any atom is -0.453 e. The lowest BCUT2D eigenvalue weighted by Crippen LogP contribution is -2.34. The average Bonchev–Trinajstić information content (AvgIpc) is 3.15. The molecule has 27 heavy (non-hydrogen) atoms. The molecule has 3 aromatic rings. The Labute approximate surface area is 161 Å². The van der Waals surface area contributed by atoms with Crippen LogP contribution in [0.5, 0.6) is 0 Å². The normalized spacial score (nSPS) is 13.1. The maximum Gasteiger partial charge on any atom is 0.340 e. The Hall–Kier alpha value is -2.77. The van der Waals surface area contributed by atoms with Gasteiger partial charge in [0.25, 0.3) is 5.91 Å². The zero-order valence-corrected chi connectivity index (χ0v) is 15.8. The van der Waals surface area contributed by atoms with Gasteiger partial charge in [0, 0.05) is 7.05 Å². The number of rotatable bonds is 6. The van der Waals surface area contributed by atoms with Gasteiger partial charge in [0.15, 0.2) is 12.7 Å². The first-order valence-corrected chi connectivity index (χ1v) is 9.30. The molecule has 0 aliphatic heterocycles. The van der Waals surface area contributed by atoms with E-state index in [1.165, 1.54) is 16.2 Å². The highest BCUT2D eigenvalue weighted by Crippen LogP contribution is 2.28. The number of benzene rings is 2. The molecule has 1 amide bonds. The zero-order valence-electron chi connectivity index (χ0n) is 15.0. The number of carbonyl (C=O) groups is 2. The zero-order chi connectivity index (χ0) is 19.4. The molecule has 0 saturated carbocycles. The van der Waals surface area contributed by atoms with Crippen LogP contribution in [0.4, 0.5) is 0 Å². The number of esters is 1. The predicted octanol–water partition coefficient (Wildman–Crippen LogP) is 3.09. The SMILES string of the molecule is C[C@@H](c1nc2ccccc2s1)N(C)C(=O)COC(=O)[C@@H](O)c1ccccc1. The van der Waals surface area contributed by atoms with E-state index < -0.39 is 18.7 Å². The summed E-state index contributed by atoms with van der Waals surface area (Å²) in [5, 5.41) is 10.8. The van der Waals surface area contributed by atoms with E-state index in [1.54, 1.807) is 37.4 Å². The largest absolute Gasteiger partial charge is 0.453 e. The number of carbonyl (C=O) groups excluding carboxylic acids is 2. The molecule has 0 aliphatic carbocycles. The molecule has 2 atom stereocenters. The van der Waals surface area contributed by atoms with Crippen molar-refractivity contribution >= 4 is 33.4 Å². The van der Waals surface area contributed by atoms with Crippen molar-refractivity contribution in [3.63, 3.8) is 0 Å². The lowest BCUT2D eigenvalue weighted by atomic mass is 10.1. The number of aliphatic hydroxyl groups is 1. The van der Waals surface area contributed by atoms with Crippen molar-refractivity contribution < 1.29 is 19.4 Å². The number of nitrogens with zero attached hydrogens (tertiary/aromatic N) is 2. The van der Waals surface area contributed by atoms with E-state index in [9.17, 15) is 14.7 Å². The lowest BCUT2D eigenvalue weighted by Gasteiger charge is -2.23. The minimum atomic E-state index is -1.41. The van der Waals surface area contributed by atoms with Gasteiger partial charge in [0.2, 0.25) is 0 Å². The summed E-state index contributed by atoms with van der Waals surface area (Å²) in [4.78, 5) is 30.4. The molecular weight excluding hydrogens is 364 g/mol. The van der Waals surface area contributed by atoms with Crippen molar-refractivity contribution in [2.75, 3.05) is 13.7 Å². The molecule has 0 bridgehead atoms. The van der Waals surface area contributed by atoms with Gasteiger partial charge in [-0.05, 0) is 24.6 Å². The van der Waals surface area contributed by atoms with E-state index in [4.69, 9.17) is 4.74 Å². The van der Waals surface area contributed by atoms with E-state index in [2.05, 4.69) is 4.98 Å². The van der Waals surface area contributed by atoms with Crippen molar-refractivity contribution in [3.05, 3.63) is 65.2 Å². The second-order valence-corrected chi connectivity index (χ2v) is 7.18. The third kappa shape index (κ3) is 4.32. The average molecular weight is 384 g/mol. The highest BCUT2D eigenvalue weighted by atomic mass is 32.1. The van der Waals surface area contributed by atoms with Gasteiger partial charge < -0.3 is 14.7 Å². The quantitative estimate of drug-likeness (QED) is 0.661. The van der Waals surface area contributed by atoms with Crippen molar-refractivity contribution in [1.29, 1.82) is 0 Å². The van der Waals surface area contributed by atoms with Gasteiger partial charge >= 0.3 is 5.97 Å². The van der Waals surface area contributed by atoms with Crippen LogP contribution in [-0.4, -0.2) is 40.5 Å². The molecule has 1 N–H and O–H groups in total. The summed E-state index contributed by atoms with van der Waals surface area (Å²) in [6.07, 6.45) is -1.41. The third-order valence-corrected chi connectivity index (χ3v) is 5.53. The molecule has 7 heteroatoms. The first kappa shape index (κ1) is 19.0. The van der Waals surface area contributed by atoms with Gasteiger partial charge in [0.1, 0.15) is 5.01 Å². The van der Waals surface area contributed by atoms with Crippen molar-refractivity contribution in [2.24, 2.45) is 0 Å². The number of fused-ring (bicyclic) bond motifs is 1. The molecule has 0 fully saturated rings. The first-order chi connectivity index (χ1) is 13.0. The van der Waals surface area contributed by atoms with Crippen LogP contribution in [0.15, 0.2) is 54.6 Å². The molecule has 0 radical (unpaired) electrons. The van der Waals surface area contributed by atoms with Gasteiger partial charge in [-0.3, -0.25) is 4.79 Å². The van der Waals surface area contributed by atoms with Crippen molar-refractivity contribution in [1.82, 2.24) is 9.88 Å². The lowest BCUT2D eigenvalue weighted by molar-refractivity contribution is -0.159. The van der Waals surface area contributed by atoms with Crippen LogP contribution in [0.25, 0.3) is 10.2 Å². The van der Waals surface area contributed by atoms with Crippen LogP contribution in [0.2, 0.25) is 0 Å². The molecule has 0 aliphatic rings. The molecule has 1 aromatic heterocycles. The molecule has 1 heterocycles. The van der Waals surface area contributed by atoms with Crippen LogP contribution in [-0.2, 0) is 14.3 Å². The number of amides is 1. The van der Waals surface area contributed by atoms with E-state index in [0.717, 1.165) is 15.2 Å². The van der Waals surface area contributed by atoms with Crippen LogP contribution in [0.3, 0.4) is 0 Å². The summed E-state index contributed by atoms with van der Waals surface area (Å²) in [7, 11) is 1.64. The molecule has 140 valence electrons. The number of aliphatic hydroxyl groups excluding tert-OH is 1. The fourth-order valence-corrected chi connectivity index (χ4v) is 3.60. The summed E-state index contributed by atoms with van der Waals surface area (Å²) in [5.41, 5.74) is 1.31. The van der Waals surface area contributed by atoms with Gasteiger partial charge in [-0.25, -0.2) is 9.78 Å². The number of aromatic nitrogens is 1. The second kappa shape index (κ2) is 8.28. The summed E-state index contributed by atoms with van der Waals surface area (Å²) in [5.74, 6) is -1.22. The van der Waals surface area contributed by atoms with Crippen LogP contribution in [0.1, 0.15) is 29.6 Å². The fourth-order valence-electron chi connectivity index (χ4n) is 2.54. The van der Waals surface area contributed by atoms with Gasteiger partial charge in [-0.1, -0.05) is 42.5 Å². The van der Waals surface area contributed by atoms with Crippen molar-refractivity contribution in [3.8, 4) is 0 Å². The number of likely N-dealkylation sites (N-methyl/N-ethyl adjacent to an activating group) is 1. The Kier molecular flexibility index (Phi) is 5.83. The van der Waals surface area contributed by atoms with Crippen LogP contribution >= 0.6 is 11.3 Å². The highest BCUT2D eigenvalue weighted by Gasteiger charge is 2.24. The predicted molar refractivity (Wildman–Crippen MR) is 103 cm³/mol. The van der Waals surface area contributed by atoms with E-state index in [0.29, 0.717) is 5.56 Å². The van der Waals surface area contributed by atoms with E-state index >= 15 is 0 Å². The number of hydrogen-bond donors (Lipinski definition) is 1. The maximum absolute atomic E-state index is 12.4. The van der Waals surface area contributed by atoms with Gasteiger partial charge in [0.05, 0.1) is 16.3 Å². The van der Waals surface area contributed by atoms with Crippen LogP contribution < -0.4 is 0 Å². The monoisotopic (exact) mass is 384 g/mol. The highest BCUT2D eigenvalue weighted by molar-refractivity contribution is 7.18. The Balaban J connectivity index is 1.59. The molecule has 0 spiro atoms. The summed E-state index contributed by atoms with van der Waals surface area (Å²) >= 11 is 1.52. The fraction of sp³-hybridized carbons (Fsp3) is 0.250. The second-order valence-electron chi connectivity index (χ2n) is 6.12. The molecule has 0 saturated heterocycles. The molecule has 6 nitrogen and oxygen atoms in total. The molecule has 3 rings (SSSR count). The molecular formula is C20H20N2O4S. The van der Waals surface area contributed by atoms with Gasteiger partial charge in [-0.2, -0.15) is 0 Å². The number of para-hydroxylation sites is 1. The first-order valence-electron chi connectivity index (χ1n) is 8.48. The summed E-state index contributed by atoms with van der Waals surface area (Å²) < 4.78 is 6.04. The molecule has 0 unspecified atom stereocenters. The Morgan fingerprint density at radius 1 is 1.15 bits per heavy atom. The third-order valence-electron chi connectivity index (χ3n) is 4.32. The number of thiazole rings is 1. The minimum absolute atomic E-state index is 0.257. The molecule has 2 aromatic carbocycles. The smallest absolute Gasteiger partial charge is 0.340 e. The number of ether oxygens (including phenoxy) is 1. The Bertz CT molecular complexity index is 908. The number of hydrogen-bond acceptors (Lipinski definition) is 6. The van der Waals surface area contributed by atoms with Crippen molar-refractivity contribution in [2.45, 2.75) is 19.1 Å². The standard InChI is InChI=1S/C20H20N2O4S/c1-13(19-21-15-10-6-7-11-16(15)27-19)22(2)17(23)12-26-20(25)18(24)14-8-4-3-5-9-14/h3-11,13,18,24H,12H2,1-2H3/t13-,18-/m0/s1. The summed E-state index contributed by atoms with van der Waals surface area (Å²) in [6.45, 7) is 1.44. The summed E-state index contributed by atoms with van der Waals surface area (Å²) in [6, 6.07) is 16.0. The topological polar surface area (TPSA) is 79.7 Å². The van der Waals surface area contributed by atoms with E-state index in [1.807, 2.05) is 31.2 Å².